The van der Waals surface area contributed by atoms with Gasteiger partial charge in [0, 0.05) is 36.0 Å². The Morgan fingerprint density at radius 1 is 1.31 bits per heavy atom. The Balaban J connectivity index is 1.78. The van der Waals surface area contributed by atoms with Crippen molar-refractivity contribution >= 4 is 35.1 Å². The second kappa shape index (κ2) is 6.69. The van der Waals surface area contributed by atoms with Crippen molar-refractivity contribution in [3.05, 3.63) is 40.2 Å². The number of ether oxygens (including phenoxy) is 1. The van der Waals surface area contributed by atoms with Crippen LogP contribution in [0, 0.1) is 5.82 Å². The van der Waals surface area contributed by atoms with Gasteiger partial charge in [-0.25, -0.2) is 4.39 Å². The molecule has 3 heterocycles. The van der Waals surface area contributed by atoms with Crippen molar-refractivity contribution in [1.82, 2.24) is 9.97 Å². The summed E-state index contributed by atoms with van der Waals surface area (Å²) in [4.78, 5) is 23.0. The van der Waals surface area contributed by atoms with E-state index in [1.54, 1.807) is 12.1 Å². The maximum absolute atomic E-state index is 14.4. The summed E-state index contributed by atoms with van der Waals surface area (Å²) < 4.78 is 19.8. The predicted molar refractivity (Wildman–Crippen MR) is 96.0 cm³/mol. The molecule has 136 valence electrons. The van der Waals surface area contributed by atoms with E-state index in [4.69, 9.17) is 22.1 Å². The first kappa shape index (κ1) is 17.0. The van der Waals surface area contributed by atoms with Crippen molar-refractivity contribution in [2.75, 3.05) is 42.3 Å². The Hall–Kier alpha value is -2.45. The summed E-state index contributed by atoms with van der Waals surface area (Å²) in [6, 6.07) is 4.38. The van der Waals surface area contributed by atoms with Crippen molar-refractivity contribution in [3.8, 4) is 0 Å². The van der Waals surface area contributed by atoms with Gasteiger partial charge >= 0.3 is 0 Å². The molecule has 4 rings (SSSR count). The molecule has 0 saturated carbocycles. The molecule has 1 unspecified atom stereocenters. The first-order chi connectivity index (χ1) is 12.5. The molecule has 3 N–H and O–H groups in total. The van der Waals surface area contributed by atoms with Crippen LogP contribution < -0.4 is 16.0 Å². The van der Waals surface area contributed by atoms with Gasteiger partial charge in [-0.05, 0) is 17.7 Å². The molecular weight excluding hydrogens is 361 g/mol. The molecule has 0 spiro atoms. The highest BCUT2D eigenvalue weighted by atomic mass is 35.5. The molecule has 7 nitrogen and oxygen atoms in total. The number of nitrogens with two attached hydrogens (primary N) is 1. The Kier molecular flexibility index (Phi) is 4.37. The number of nitrogens with zero attached hydrogens (tertiary/aromatic N) is 3. The van der Waals surface area contributed by atoms with Gasteiger partial charge in [0.05, 0.1) is 13.2 Å². The van der Waals surface area contributed by atoms with Crippen LogP contribution in [0.2, 0.25) is 5.02 Å². The van der Waals surface area contributed by atoms with E-state index in [2.05, 4.69) is 15.3 Å². The lowest BCUT2D eigenvalue weighted by Crippen LogP contribution is -2.38. The lowest BCUT2D eigenvalue weighted by molar-refractivity contribution is -0.116. The number of carbonyl (C=O) groups excluding carboxylic acids is 1. The van der Waals surface area contributed by atoms with Gasteiger partial charge in [-0.1, -0.05) is 17.7 Å². The van der Waals surface area contributed by atoms with Gasteiger partial charge in [-0.15, -0.1) is 0 Å². The van der Waals surface area contributed by atoms with Crippen molar-refractivity contribution in [3.63, 3.8) is 0 Å². The third-order valence-corrected chi connectivity index (χ3v) is 4.83. The SMILES string of the molecule is Nc1nc(N2CCOCC2)nc2c1C(c1ccc(Cl)cc1F)CC(=O)N2. The normalized spacial score (nSPS) is 19.8. The van der Waals surface area contributed by atoms with E-state index < -0.39 is 11.7 Å². The van der Waals surface area contributed by atoms with Crippen LogP contribution in [0.3, 0.4) is 0 Å². The molecule has 2 aromatic rings. The molecule has 26 heavy (non-hydrogen) atoms. The molecule has 9 heteroatoms. The van der Waals surface area contributed by atoms with E-state index in [0.717, 1.165) is 0 Å². The lowest BCUT2D eigenvalue weighted by atomic mass is 9.86. The number of morpholine rings is 1. The fourth-order valence-electron chi connectivity index (χ4n) is 3.34. The number of hydrogen-bond donors (Lipinski definition) is 2. The standard InChI is InChI=1S/C17H17ClFN5O2/c18-9-1-2-10(12(19)7-9)11-8-13(25)21-16-14(11)15(20)22-17(23-16)24-3-5-26-6-4-24/h1-2,7,11H,3-6,8H2,(H3,20,21,22,23,25). The minimum atomic E-state index is -0.560. The van der Waals surface area contributed by atoms with Gasteiger partial charge in [0.15, 0.2) is 0 Å². The van der Waals surface area contributed by atoms with Crippen molar-refractivity contribution < 1.29 is 13.9 Å². The number of rotatable bonds is 2. The van der Waals surface area contributed by atoms with Crippen LogP contribution in [0.5, 0.6) is 0 Å². The summed E-state index contributed by atoms with van der Waals surface area (Å²) in [5.41, 5.74) is 7.07. The number of fused-ring (bicyclic) bond motifs is 1. The highest BCUT2D eigenvalue weighted by Gasteiger charge is 2.33. The maximum Gasteiger partial charge on any atom is 0.229 e. The molecular formula is C17H17ClFN5O2. The maximum atomic E-state index is 14.4. The fourth-order valence-corrected chi connectivity index (χ4v) is 3.50. The Bertz CT molecular complexity index is 872. The number of halogens is 2. The van der Waals surface area contributed by atoms with Gasteiger partial charge in [-0.2, -0.15) is 9.97 Å². The second-order valence-corrected chi connectivity index (χ2v) is 6.68. The van der Waals surface area contributed by atoms with Gasteiger partial charge < -0.3 is 20.7 Å². The Labute approximate surface area is 154 Å². The van der Waals surface area contributed by atoms with Crippen molar-refractivity contribution in [2.24, 2.45) is 0 Å². The quantitative estimate of drug-likeness (QED) is 0.833. The summed E-state index contributed by atoms with van der Waals surface area (Å²) >= 11 is 5.84. The number of benzene rings is 1. The average molecular weight is 378 g/mol. The molecule has 1 atom stereocenters. The average Bonchev–Trinajstić information content (AvgIpc) is 2.61. The van der Waals surface area contributed by atoms with E-state index >= 15 is 0 Å². The molecule has 1 saturated heterocycles. The molecule has 1 fully saturated rings. The number of nitrogen functional groups attached to an aromatic ring is 1. The van der Waals surface area contributed by atoms with Crippen LogP contribution in [-0.2, 0) is 9.53 Å². The number of anilines is 3. The first-order valence-electron chi connectivity index (χ1n) is 8.28. The minimum absolute atomic E-state index is 0.0655. The summed E-state index contributed by atoms with van der Waals surface area (Å²) in [6.07, 6.45) is 0.0655. The van der Waals surface area contributed by atoms with Crippen LogP contribution in [-0.4, -0.2) is 42.2 Å². The van der Waals surface area contributed by atoms with E-state index in [-0.39, 0.29) is 18.1 Å². The molecule has 0 bridgehead atoms. The highest BCUT2D eigenvalue weighted by molar-refractivity contribution is 6.30. The summed E-state index contributed by atoms with van der Waals surface area (Å²) in [5.74, 6) is -0.301. The highest BCUT2D eigenvalue weighted by Crippen LogP contribution is 2.41. The van der Waals surface area contributed by atoms with Gasteiger partial charge in [0.25, 0.3) is 0 Å². The van der Waals surface area contributed by atoms with Gasteiger partial charge in [0.2, 0.25) is 11.9 Å². The monoisotopic (exact) mass is 377 g/mol. The fraction of sp³-hybridized carbons (Fsp3) is 0.353. The third-order valence-electron chi connectivity index (χ3n) is 4.59. The van der Waals surface area contributed by atoms with Gasteiger partial charge in [-0.3, -0.25) is 4.79 Å². The first-order valence-corrected chi connectivity index (χ1v) is 8.65. The summed E-state index contributed by atoms with van der Waals surface area (Å²) in [5, 5.41) is 3.02. The third kappa shape index (κ3) is 3.06. The summed E-state index contributed by atoms with van der Waals surface area (Å²) in [7, 11) is 0. The summed E-state index contributed by atoms with van der Waals surface area (Å²) in [6.45, 7) is 2.43. The number of aromatic nitrogens is 2. The molecule has 2 aliphatic heterocycles. The van der Waals surface area contributed by atoms with E-state index in [1.807, 2.05) is 4.90 Å². The van der Waals surface area contributed by atoms with Crippen molar-refractivity contribution in [1.29, 1.82) is 0 Å². The lowest BCUT2D eigenvalue weighted by Gasteiger charge is -2.30. The topological polar surface area (TPSA) is 93.4 Å². The van der Waals surface area contributed by atoms with Crippen LogP contribution in [0.15, 0.2) is 18.2 Å². The molecule has 0 radical (unpaired) electrons. The minimum Gasteiger partial charge on any atom is -0.383 e. The zero-order valence-electron chi connectivity index (χ0n) is 13.8. The molecule has 1 aromatic carbocycles. The van der Waals surface area contributed by atoms with E-state index in [9.17, 15) is 9.18 Å². The molecule has 0 aliphatic carbocycles. The van der Waals surface area contributed by atoms with Gasteiger partial charge in [0.1, 0.15) is 17.5 Å². The Morgan fingerprint density at radius 2 is 2.08 bits per heavy atom. The van der Waals surface area contributed by atoms with Crippen LogP contribution in [0.4, 0.5) is 22.0 Å². The van der Waals surface area contributed by atoms with E-state index in [0.29, 0.717) is 54.2 Å². The molecule has 1 aromatic heterocycles. The second-order valence-electron chi connectivity index (χ2n) is 6.24. The number of hydrogen-bond acceptors (Lipinski definition) is 6. The smallest absolute Gasteiger partial charge is 0.229 e. The zero-order chi connectivity index (χ0) is 18.3. The molecule has 1 amide bonds. The van der Waals surface area contributed by atoms with E-state index in [1.165, 1.54) is 6.07 Å². The number of carbonyl (C=O) groups is 1. The number of amides is 1. The Morgan fingerprint density at radius 3 is 2.81 bits per heavy atom. The van der Waals surface area contributed by atoms with Crippen molar-refractivity contribution in [2.45, 2.75) is 12.3 Å². The van der Waals surface area contributed by atoms with Crippen LogP contribution in [0.25, 0.3) is 0 Å². The molecule has 2 aliphatic rings. The predicted octanol–water partition coefficient (Wildman–Crippen LogP) is 2.16. The van der Waals surface area contributed by atoms with Crippen LogP contribution in [0.1, 0.15) is 23.5 Å². The van der Waals surface area contributed by atoms with Crippen LogP contribution >= 0.6 is 11.6 Å². The largest absolute Gasteiger partial charge is 0.383 e. The zero-order valence-corrected chi connectivity index (χ0v) is 14.6. The number of nitrogens with one attached hydrogen (secondary N) is 1.